The van der Waals surface area contributed by atoms with Crippen LogP contribution in [0.5, 0.6) is 17.2 Å². The van der Waals surface area contributed by atoms with Gasteiger partial charge in [0, 0.05) is 11.3 Å². The molecule has 0 saturated carbocycles. The van der Waals surface area contributed by atoms with Crippen LogP contribution >= 0.6 is 11.8 Å². The van der Waals surface area contributed by atoms with Crippen LogP contribution in [0.25, 0.3) is 0 Å². The number of carbonyl (C=O) groups excluding carboxylic acids is 2. The van der Waals surface area contributed by atoms with E-state index >= 15 is 0 Å². The molecule has 29 heavy (non-hydrogen) atoms. The number of thioether (sulfide) groups is 1. The SMILES string of the molecule is COC(=O)c1ccc(C2NC(C(=O)c3cc(OC)c(OC)c(OC)c3)CS2)cc1. The first kappa shape index (κ1) is 21.0. The second kappa shape index (κ2) is 9.19. The monoisotopic (exact) mass is 417 g/mol. The van der Waals surface area contributed by atoms with Gasteiger partial charge in [0.2, 0.25) is 5.75 Å². The van der Waals surface area contributed by atoms with Crippen molar-refractivity contribution in [2.75, 3.05) is 34.2 Å². The molecule has 1 heterocycles. The Morgan fingerprint density at radius 1 is 0.931 bits per heavy atom. The third-order valence-electron chi connectivity index (χ3n) is 4.68. The van der Waals surface area contributed by atoms with E-state index in [2.05, 4.69) is 5.32 Å². The quantitative estimate of drug-likeness (QED) is 0.544. The Labute approximate surface area is 173 Å². The Morgan fingerprint density at radius 3 is 2.07 bits per heavy atom. The number of hydrogen-bond acceptors (Lipinski definition) is 8. The largest absolute Gasteiger partial charge is 0.493 e. The fraction of sp³-hybridized carbons (Fsp3) is 0.333. The summed E-state index contributed by atoms with van der Waals surface area (Å²) in [6.45, 7) is 0. The van der Waals surface area contributed by atoms with Crippen molar-refractivity contribution in [3.05, 3.63) is 53.1 Å². The van der Waals surface area contributed by atoms with Gasteiger partial charge >= 0.3 is 5.97 Å². The van der Waals surface area contributed by atoms with E-state index in [-0.39, 0.29) is 23.2 Å². The summed E-state index contributed by atoms with van der Waals surface area (Å²) in [6, 6.07) is 10.1. The average Bonchev–Trinajstić information content (AvgIpc) is 3.27. The van der Waals surface area contributed by atoms with Gasteiger partial charge in [-0.1, -0.05) is 12.1 Å². The van der Waals surface area contributed by atoms with Gasteiger partial charge in [0.1, 0.15) is 0 Å². The molecule has 0 spiro atoms. The summed E-state index contributed by atoms with van der Waals surface area (Å²) in [7, 11) is 5.91. The molecular weight excluding hydrogens is 394 g/mol. The molecule has 1 aliphatic heterocycles. The Morgan fingerprint density at radius 2 is 1.55 bits per heavy atom. The fourth-order valence-electron chi connectivity index (χ4n) is 3.15. The van der Waals surface area contributed by atoms with Crippen LogP contribution in [0, 0.1) is 0 Å². The second-order valence-electron chi connectivity index (χ2n) is 6.32. The maximum atomic E-state index is 13.1. The van der Waals surface area contributed by atoms with E-state index in [0.29, 0.717) is 34.1 Å². The highest BCUT2D eigenvalue weighted by atomic mass is 32.2. The van der Waals surface area contributed by atoms with Crippen molar-refractivity contribution in [2.24, 2.45) is 0 Å². The molecule has 2 unspecified atom stereocenters. The third-order valence-corrected chi connectivity index (χ3v) is 5.95. The number of carbonyl (C=O) groups is 2. The van der Waals surface area contributed by atoms with Gasteiger partial charge < -0.3 is 18.9 Å². The minimum absolute atomic E-state index is 0.0438. The van der Waals surface area contributed by atoms with Crippen LogP contribution < -0.4 is 19.5 Å². The lowest BCUT2D eigenvalue weighted by Gasteiger charge is -2.16. The topological polar surface area (TPSA) is 83.1 Å². The molecular formula is C21H23NO6S. The maximum absolute atomic E-state index is 13.1. The lowest BCUT2D eigenvalue weighted by molar-refractivity contribution is 0.0600. The molecule has 2 aromatic carbocycles. The highest BCUT2D eigenvalue weighted by Gasteiger charge is 2.32. The molecule has 0 amide bonds. The number of ether oxygens (including phenoxy) is 4. The Bertz CT molecular complexity index is 874. The Kier molecular flexibility index (Phi) is 6.66. The lowest BCUT2D eigenvalue weighted by Crippen LogP contribution is -2.34. The predicted molar refractivity (Wildman–Crippen MR) is 110 cm³/mol. The van der Waals surface area contributed by atoms with Gasteiger partial charge in [-0.25, -0.2) is 4.79 Å². The summed E-state index contributed by atoms with van der Waals surface area (Å²) in [5.41, 5.74) is 1.96. The van der Waals surface area contributed by atoms with Crippen molar-refractivity contribution in [3.63, 3.8) is 0 Å². The summed E-state index contributed by atoms with van der Waals surface area (Å²) in [4.78, 5) is 24.6. The molecule has 2 aromatic rings. The van der Waals surface area contributed by atoms with E-state index in [9.17, 15) is 9.59 Å². The molecule has 0 aliphatic carbocycles. The molecule has 2 atom stereocenters. The highest BCUT2D eigenvalue weighted by Crippen LogP contribution is 2.39. The second-order valence-corrected chi connectivity index (χ2v) is 7.46. The smallest absolute Gasteiger partial charge is 0.337 e. The van der Waals surface area contributed by atoms with Gasteiger partial charge in [0.05, 0.1) is 45.4 Å². The number of rotatable bonds is 7. The molecule has 0 bridgehead atoms. The van der Waals surface area contributed by atoms with Crippen LogP contribution in [-0.2, 0) is 4.74 Å². The Balaban J connectivity index is 1.76. The minimum Gasteiger partial charge on any atom is -0.493 e. The first-order chi connectivity index (χ1) is 14.0. The number of nitrogens with one attached hydrogen (secondary N) is 1. The minimum atomic E-state index is -0.376. The van der Waals surface area contributed by atoms with Crippen LogP contribution in [0.4, 0.5) is 0 Å². The summed E-state index contributed by atoms with van der Waals surface area (Å²) in [5.74, 6) is 1.53. The standard InChI is InChI=1S/C21H23NO6S/c1-25-16-9-14(10-17(26-2)19(16)27-3)18(23)15-11-29-20(22-15)12-5-7-13(8-6-12)21(24)28-4/h5-10,15,20,22H,11H2,1-4H3. The van der Waals surface area contributed by atoms with Crippen molar-refractivity contribution in [1.82, 2.24) is 5.32 Å². The number of hydrogen-bond donors (Lipinski definition) is 1. The zero-order valence-corrected chi connectivity index (χ0v) is 17.5. The zero-order chi connectivity index (χ0) is 21.0. The summed E-state index contributed by atoms with van der Waals surface area (Å²) in [5, 5.41) is 3.31. The number of Topliss-reactive ketones (excluding diaryl/α,β-unsaturated/α-hetero) is 1. The van der Waals surface area contributed by atoms with E-state index < -0.39 is 0 Å². The molecule has 8 heteroatoms. The van der Waals surface area contributed by atoms with Gasteiger partial charge in [0.15, 0.2) is 17.3 Å². The first-order valence-electron chi connectivity index (χ1n) is 8.92. The number of benzene rings is 2. The molecule has 1 N–H and O–H groups in total. The van der Waals surface area contributed by atoms with Gasteiger partial charge in [-0.05, 0) is 29.8 Å². The summed E-state index contributed by atoms with van der Waals surface area (Å²) >= 11 is 1.64. The lowest BCUT2D eigenvalue weighted by atomic mass is 10.0. The molecule has 154 valence electrons. The molecule has 1 aliphatic rings. The van der Waals surface area contributed by atoms with E-state index in [1.165, 1.54) is 28.4 Å². The van der Waals surface area contributed by atoms with Gasteiger partial charge in [0.25, 0.3) is 0 Å². The van der Waals surface area contributed by atoms with Crippen LogP contribution in [0.2, 0.25) is 0 Å². The maximum Gasteiger partial charge on any atom is 0.337 e. The first-order valence-corrected chi connectivity index (χ1v) is 9.97. The number of ketones is 1. The van der Waals surface area contributed by atoms with Crippen molar-refractivity contribution in [3.8, 4) is 17.2 Å². The molecule has 3 rings (SSSR count). The van der Waals surface area contributed by atoms with Gasteiger partial charge in [-0.3, -0.25) is 10.1 Å². The van der Waals surface area contributed by atoms with Crippen LogP contribution in [0.3, 0.4) is 0 Å². The number of methoxy groups -OCH3 is 4. The Hall–Kier alpha value is -2.71. The molecule has 0 radical (unpaired) electrons. The van der Waals surface area contributed by atoms with Crippen molar-refractivity contribution >= 4 is 23.5 Å². The van der Waals surface area contributed by atoms with Crippen LogP contribution in [0.15, 0.2) is 36.4 Å². The zero-order valence-electron chi connectivity index (χ0n) is 16.7. The molecule has 1 saturated heterocycles. The van der Waals surface area contributed by atoms with Crippen LogP contribution in [0.1, 0.15) is 31.7 Å². The predicted octanol–water partition coefficient (Wildman–Crippen LogP) is 3.09. The van der Waals surface area contributed by atoms with Crippen molar-refractivity contribution in [1.29, 1.82) is 0 Å². The van der Waals surface area contributed by atoms with Gasteiger partial charge in [-0.15, -0.1) is 11.8 Å². The van der Waals surface area contributed by atoms with Crippen molar-refractivity contribution < 1.29 is 28.5 Å². The van der Waals surface area contributed by atoms with E-state index in [1.54, 1.807) is 36.0 Å². The van der Waals surface area contributed by atoms with Gasteiger partial charge in [-0.2, -0.15) is 0 Å². The van der Waals surface area contributed by atoms with E-state index in [1.807, 2.05) is 12.1 Å². The van der Waals surface area contributed by atoms with Crippen LogP contribution in [-0.4, -0.2) is 52.0 Å². The molecule has 7 nitrogen and oxygen atoms in total. The summed E-state index contributed by atoms with van der Waals surface area (Å²) in [6.07, 6.45) is 0. The normalized spacial score (nSPS) is 18.2. The third kappa shape index (κ3) is 4.33. The fourth-order valence-corrected chi connectivity index (χ4v) is 4.39. The highest BCUT2D eigenvalue weighted by molar-refractivity contribution is 7.99. The summed E-state index contributed by atoms with van der Waals surface area (Å²) < 4.78 is 20.7. The van der Waals surface area contributed by atoms with E-state index in [0.717, 1.165) is 5.56 Å². The number of esters is 1. The average molecular weight is 417 g/mol. The molecule has 1 fully saturated rings. The van der Waals surface area contributed by atoms with Crippen molar-refractivity contribution in [2.45, 2.75) is 11.4 Å². The molecule has 0 aromatic heterocycles. The van der Waals surface area contributed by atoms with E-state index in [4.69, 9.17) is 18.9 Å².